The fourth-order valence-corrected chi connectivity index (χ4v) is 2.15. The first kappa shape index (κ1) is 10.3. The van der Waals surface area contributed by atoms with Crippen LogP contribution in [-0.2, 0) is 0 Å². The maximum absolute atomic E-state index is 5.35. The Balaban J connectivity index is 1.90. The minimum absolute atomic E-state index is 0.120. The number of aromatic nitrogens is 2. The van der Waals surface area contributed by atoms with Crippen LogP contribution in [0.25, 0.3) is 0 Å². The van der Waals surface area contributed by atoms with Crippen molar-refractivity contribution in [3.05, 3.63) is 0 Å². The molecular formula is C10H18N4O. The lowest BCUT2D eigenvalue weighted by Crippen LogP contribution is -2.30. The molecule has 5 heteroatoms. The molecule has 84 valence electrons. The van der Waals surface area contributed by atoms with Crippen molar-refractivity contribution in [3.8, 4) is 0 Å². The summed E-state index contributed by atoms with van der Waals surface area (Å²) in [5.41, 5.74) is 5.35. The van der Waals surface area contributed by atoms with E-state index in [-0.39, 0.29) is 6.01 Å². The highest BCUT2D eigenvalue weighted by Crippen LogP contribution is 2.30. The van der Waals surface area contributed by atoms with Crippen LogP contribution in [0.5, 0.6) is 0 Å². The number of hydrogen-bond acceptors (Lipinski definition) is 5. The summed E-state index contributed by atoms with van der Waals surface area (Å²) in [5, 5.41) is 10.6. The van der Waals surface area contributed by atoms with Crippen molar-refractivity contribution in [1.82, 2.24) is 10.2 Å². The van der Waals surface area contributed by atoms with Crippen LogP contribution in [0.3, 0.4) is 0 Å². The monoisotopic (exact) mass is 210 g/mol. The fourth-order valence-electron chi connectivity index (χ4n) is 2.15. The van der Waals surface area contributed by atoms with Crippen LogP contribution in [0, 0.1) is 11.8 Å². The second-order valence-corrected chi connectivity index (χ2v) is 4.55. The van der Waals surface area contributed by atoms with E-state index >= 15 is 0 Å². The number of anilines is 2. The molecule has 0 radical (unpaired) electrons. The number of nitrogens with zero attached hydrogens (tertiary/aromatic N) is 2. The van der Waals surface area contributed by atoms with Gasteiger partial charge in [-0.25, -0.2) is 0 Å². The molecule has 3 atom stereocenters. The molecule has 3 N–H and O–H groups in total. The Kier molecular flexibility index (Phi) is 2.79. The lowest BCUT2D eigenvalue weighted by atomic mass is 9.79. The SMILES string of the molecule is CC1CCC(Nc2nnc(N)o2)CC1C. The van der Waals surface area contributed by atoms with E-state index in [0.29, 0.717) is 12.1 Å². The summed E-state index contributed by atoms with van der Waals surface area (Å²) in [5.74, 6) is 1.56. The summed E-state index contributed by atoms with van der Waals surface area (Å²) < 4.78 is 5.09. The average Bonchev–Trinajstić information content (AvgIpc) is 2.58. The van der Waals surface area contributed by atoms with Crippen molar-refractivity contribution in [3.63, 3.8) is 0 Å². The van der Waals surface area contributed by atoms with Crippen LogP contribution in [0.1, 0.15) is 33.1 Å². The molecule has 1 aliphatic rings. The average molecular weight is 210 g/mol. The quantitative estimate of drug-likeness (QED) is 0.779. The van der Waals surface area contributed by atoms with Gasteiger partial charge >= 0.3 is 12.0 Å². The molecule has 0 aliphatic heterocycles. The number of nitrogens with two attached hydrogens (primary N) is 1. The van der Waals surface area contributed by atoms with Gasteiger partial charge in [0.05, 0.1) is 0 Å². The lowest BCUT2D eigenvalue weighted by molar-refractivity contribution is 0.259. The third-order valence-corrected chi connectivity index (χ3v) is 3.37. The second kappa shape index (κ2) is 4.08. The van der Waals surface area contributed by atoms with E-state index in [1.807, 2.05) is 0 Å². The molecule has 0 spiro atoms. The summed E-state index contributed by atoms with van der Waals surface area (Å²) in [6.45, 7) is 4.60. The first-order valence-electron chi connectivity index (χ1n) is 5.50. The molecule has 0 amide bonds. The molecule has 1 aliphatic carbocycles. The number of rotatable bonds is 2. The van der Waals surface area contributed by atoms with Gasteiger partial charge in [0.25, 0.3) is 0 Å². The molecule has 1 heterocycles. The predicted molar refractivity (Wildman–Crippen MR) is 58.3 cm³/mol. The molecule has 1 fully saturated rings. The van der Waals surface area contributed by atoms with Crippen LogP contribution in [0.15, 0.2) is 4.42 Å². The summed E-state index contributed by atoms with van der Waals surface area (Å²) in [7, 11) is 0. The molecule has 15 heavy (non-hydrogen) atoms. The van der Waals surface area contributed by atoms with Crippen molar-refractivity contribution in [1.29, 1.82) is 0 Å². The number of nitrogens with one attached hydrogen (secondary N) is 1. The van der Waals surface area contributed by atoms with E-state index in [0.717, 1.165) is 24.7 Å². The minimum atomic E-state index is 0.120. The van der Waals surface area contributed by atoms with Crippen molar-refractivity contribution >= 4 is 12.0 Å². The first-order valence-corrected chi connectivity index (χ1v) is 5.50. The Morgan fingerprint density at radius 3 is 2.67 bits per heavy atom. The van der Waals surface area contributed by atoms with Gasteiger partial charge in [-0.15, -0.1) is 0 Å². The summed E-state index contributed by atoms with van der Waals surface area (Å²) >= 11 is 0. The van der Waals surface area contributed by atoms with Gasteiger partial charge in [-0.2, -0.15) is 0 Å². The van der Waals surface area contributed by atoms with E-state index in [2.05, 4.69) is 29.4 Å². The molecule has 1 saturated carbocycles. The molecular weight excluding hydrogens is 192 g/mol. The van der Waals surface area contributed by atoms with E-state index in [9.17, 15) is 0 Å². The highest BCUT2D eigenvalue weighted by atomic mass is 16.4. The van der Waals surface area contributed by atoms with Crippen LogP contribution in [0.4, 0.5) is 12.0 Å². The normalized spacial score (nSPS) is 31.5. The Bertz CT molecular complexity index is 325. The molecule has 0 saturated heterocycles. The molecule has 3 unspecified atom stereocenters. The molecule has 5 nitrogen and oxygen atoms in total. The van der Waals surface area contributed by atoms with Gasteiger partial charge in [0.1, 0.15) is 0 Å². The highest BCUT2D eigenvalue weighted by Gasteiger charge is 2.25. The lowest BCUT2D eigenvalue weighted by Gasteiger charge is -2.31. The number of hydrogen-bond donors (Lipinski definition) is 2. The third kappa shape index (κ3) is 2.40. The van der Waals surface area contributed by atoms with Crippen molar-refractivity contribution in [2.45, 2.75) is 39.2 Å². The minimum Gasteiger partial charge on any atom is -0.390 e. The Morgan fingerprint density at radius 1 is 1.27 bits per heavy atom. The Morgan fingerprint density at radius 2 is 2.07 bits per heavy atom. The first-order chi connectivity index (χ1) is 7.15. The maximum atomic E-state index is 5.35. The predicted octanol–water partition coefficient (Wildman–Crippen LogP) is 1.89. The molecule has 1 aromatic heterocycles. The van der Waals surface area contributed by atoms with Crippen molar-refractivity contribution < 1.29 is 4.42 Å². The van der Waals surface area contributed by atoms with Crippen LogP contribution in [0.2, 0.25) is 0 Å². The van der Waals surface area contributed by atoms with Gasteiger partial charge in [0.2, 0.25) is 0 Å². The highest BCUT2D eigenvalue weighted by molar-refractivity contribution is 5.24. The van der Waals surface area contributed by atoms with Gasteiger partial charge in [-0.3, -0.25) is 0 Å². The smallest absolute Gasteiger partial charge is 0.317 e. The maximum Gasteiger partial charge on any atom is 0.317 e. The third-order valence-electron chi connectivity index (χ3n) is 3.37. The molecule has 0 bridgehead atoms. The Hall–Kier alpha value is -1.26. The molecule has 2 rings (SSSR count). The Labute approximate surface area is 89.4 Å². The number of nitrogen functional groups attached to an aromatic ring is 1. The van der Waals surface area contributed by atoms with Gasteiger partial charge in [0, 0.05) is 6.04 Å². The second-order valence-electron chi connectivity index (χ2n) is 4.55. The summed E-state index contributed by atoms with van der Waals surface area (Å²) in [4.78, 5) is 0. The summed E-state index contributed by atoms with van der Waals surface area (Å²) in [6.07, 6.45) is 3.57. The van der Waals surface area contributed by atoms with Crippen molar-refractivity contribution in [2.75, 3.05) is 11.1 Å². The summed E-state index contributed by atoms with van der Waals surface area (Å²) in [6, 6.07) is 1.00. The van der Waals surface area contributed by atoms with E-state index in [1.54, 1.807) is 0 Å². The van der Waals surface area contributed by atoms with Crippen LogP contribution < -0.4 is 11.1 Å². The topological polar surface area (TPSA) is 77.0 Å². The zero-order valence-electron chi connectivity index (χ0n) is 9.23. The van der Waals surface area contributed by atoms with Gasteiger partial charge in [-0.05, 0) is 31.1 Å². The molecule has 1 aromatic rings. The van der Waals surface area contributed by atoms with Crippen molar-refractivity contribution in [2.24, 2.45) is 11.8 Å². The van der Waals surface area contributed by atoms with Crippen LogP contribution >= 0.6 is 0 Å². The van der Waals surface area contributed by atoms with E-state index < -0.39 is 0 Å². The van der Waals surface area contributed by atoms with Gasteiger partial charge in [-0.1, -0.05) is 24.0 Å². The van der Waals surface area contributed by atoms with Gasteiger partial charge < -0.3 is 15.5 Å². The van der Waals surface area contributed by atoms with Crippen LogP contribution in [-0.4, -0.2) is 16.2 Å². The largest absolute Gasteiger partial charge is 0.390 e. The molecule has 0 aromatic carbocycles. The zero-order valence-corrected chi connectivity index (χ0v) is 9.23. The zero-order chi connectivity index (χ0) is 10.8. The fraction of sp³-hybridized carbons (Fsp3) is 0.800. The van der Waals surface area contributed by atoms with E-state index in [4.69, 9.17) is 10.2 Å². The van der Waals surface area contributed by atoms with Gasteiger partial charge in [0.15, 0.2) is 0 Å². The van der Waals surface area contributed by atoms with E-state index in [1.165, 1.54) is 6.42 Å². The standard InChI is InChI=1S/C10H18N4O/c1-6-3-4-8(5-7(6)2)12-10-14-13-9(11)15-10/h6-8H,3-5H2,1-2H3,(H2,11,13)(H,12,14).